The van der Waals surface area contributed by atoms with Gasteiger partial charge in [0, 0.05) is 26.3 Å². The molecule has 1 nitrogen and oxygen atoms in total. The van der Waals surface area contributed by atoms with Crippen LogP contribution in [0.3, 0.4) is 0 Å². The molecule has 3 fully saturated rings. The lowest BCUT2D eigenvalue weighted by Crippen LogP contribution is -2.47. The number of hydrogen-bond acceptors (Lipinski definition) is 2. The highest BCUT2D eigenvalue weighted by Crippen LogP contribution is 2.69. The third kappa shape index (κ3) is 4.34. The second-order valence-corrected chi connectivity index (χ2v) is 20.6. The summed E-state index contributed by atoms with van der Waals surface area (Å²) in [6, 6.07) is 40.8. The van der Waals surface area contributed by atoms with Crippen LogP contribution in [-0.4, -0.2) is 0 Å². The highest BCUT2D eigenvalue weighted by Gasteiger charge is 2.60. The van der Waals surface area contributed by atoms with E-state index in [1.807, 2.05) is 0 Å². The van der Waals surface area contributed by atoms with E-state index in [0.717, 1.165) is 23.7 Å². The van der Waals surface area contributed by atoms with Gasteiger partial charge in [0.05, 0.1) is 11.4 Å². The van der Waals surface area contributed by atoms with Crippen LogP contribution in [0.25, 0.3) is 11.1 Å². The van der Waals surface area contributed by atoms with Crippen molar-refractivity contribution in [2.45, 2.75) is 118 Å². The van der Waals surface area contributed by atoms with Crippen LogP contribution in [0.1, 0.15) is 120 Å². The fraction of sp³-hybridized carbons (Fsp3) is 0.412. The molecule has 5 unspecified atom stereocenters. The maximum Gasteiger partial charge on any atom is 0.0604 e. The predicted octanol–water partition coefficient (Wildman–Crippen LogP) is 14.0. The highest BCUT2D eigenvalue weighted by atomic mass is 32.2. The van der Waals surface area contributed by atoms with Gasteiger partial charge in [-0.15, -0.1) is 0 Å². The molecule has 0 amide bonds. The van der Waals surface area contributed by atoms with Gasteiger partial charge >= 0.3 is 0 Å². The highest BCUT2D eigenvalue weighted by molar-refractivity contribution is 7.99. The van der Waals surface area contributed by atoms with Crippen LogP contribution in [0.15, 0.2) is 113 Å². The molecule has 5 aromatic carbocycles. The fourth-order valence-electron chi connectivity index (χ4n) is 13.1. The topological polar surface area (TPSA) is 3.24 Å². The smallest absolute Gasteiger partial charge is 0.0604 e. The lowest BCUT2D eigenvalue weighted by molar-refractivity contribution is 0.0874. The van der Waals surface area contributed by atoms with Gasteiger partial charge in [-0.2, -0.15) is 0 Å². The van der Waals surface area contributed by atoms with Gasteiger partial charge in [0.15, 0.2) is 0 Å². The van der Waals surface area contributed by atoms with Gasteiger partial charge in [-0.25, -0.2) is 0 Å². The zero-order valence-electron chi connectivity index (χ0n) is 32.4. The molecule has 11 rings (SSSR count). The van der Waals surface area contributed by atoms with Crippen molar-refractivity contribution in [3.63, 3.8) is 0 Å². The van der Waals surface area contributed by atoms with Gasteiger partial charge in [-0.05, 0) is 154 Å². The molecule has 6 aliphatic rings. The molecule has 0 saturated heterocycles. The number of rotatable bonds is 3. The minimum absolute atomic E-state index is 0.0587. The van der Waals surface area contributed by atoms with Crippen LogP contribution in [0.4, 0.5) is 17.1 Å². The average molecular weight is 712 g/mol. The molecule has 5 atom stereocenters. The molecule has 2 heteroatoms. The fourth-order valence-corrected chi connectivity index (χ4v) is 14.5. The predicted molar refractivity (Wildman–Crippen MR) is 222 cm³/mol. The van der Waals surface area contributed by atoms with Crippen LogP contribution in [0.2, 0.25) is 0 Å². The Bertz CT molecular complexity index is 2340. The zero-order chi connectivity index (χ0) is 36.1. The van der Waals surface area contributed by atoms with E-state index in [9.17, 15) is 0 Å². The van der Waals surface area contributed by atoms with Crippen molar-refractivity contribution in [1.82, 2.24) is 0 Å². The molecule has 5 aliphatic carbocycles. The molecule has 53 heavy (non-hydrogen) atoms. The van der Waals surface area contributed by atoms with Crippen molar-refractivity contribution < 1.29 is 0 Å². The molecule has 0 N–H and O–H groups in total. The van der Waals surface area contributed by atoms with Gasteiger partial charge in [0.25, 0.3) is 0 Å². The summed E-state index contributed by atoms with van der Waals surface area (Å²) in [5, 5.41) is 0. The minimum atomic E-state index is -0.0702. The Balaban J connectivity index is 1.18. The third-order valence-electron chi connectivity index (χ3n) is 15.7. The summed E-state index contributed by atoms with van der Waals surface area (Å²) in [5.41, 5.74) is 16.1. The molecule has 5 aromatic rings. The van der Waals surface area contributed by atoms with Crippen LogP contribution in [0, 0.1) is 23.7 Å². The van der Waals surface area contributed by atoms with Gasteiger partial charge in [-0.1, -0.05) is 126 Å². The Labute approximate surface area is 321 Å². The van der Waals surface area contributed by atoms with Crippen molar-refractivity contribution in [2.75, 3.05) is 4.90 Å². The molecule has 0 radical (unpaired) electrons. The second-order valence-electron chi connectivity index (χ2n) is 19.6. The van der Waals surface area contributed by atoms with Crippen molar-refractivity contribution in [3.8, 4) is 11.1 Å². The standard InChI is InChI=1S/C51H53NS/c1-48(2)25-26-49(3,4)46-39(48)16-11-18-43(46)52(33-21-22-35-34-13-7-8-14-37(34)50(5,6)41(35)30-33)44-19-12-17-40-47(44)53-45-20-10-9-15-38(45)51(40)24-23-32-27-31-28-36(32)42(51)29-31/h7-22,30-32,36,42H,23-29H2,1-6H3. The SMILES string of the molecule is CC1(C)CCC(C)(C)c2c(N(c3ccc4c(c3)C(C)(C)c3ccccc3-4)c3cccc4c3Sc3ccccc3C43CCC4CC5CC4C3C5)cccc21. The molecule has 2 bridgehead atoms. The van der Waals surface area contributed by atoms with E-state index >= 15 is 0 Å². The van der Waals surface area contributed by atoms with Crippen molar-refractivity contribution >= 4 is 28.8 Å². The van der Waals surface area contributed by atoms with Crippen LogP contribution < -0.4 is 4.90 Å². The summed E-state index contributed by atoms with van der Waals surface area (Å²) < 4.78 is 0. The summed E-state index contributed by atoms with van der Waals surface area (Å²) in [6.45, 7) is 14.8. The zero-order valence-corrected chi connectivity index (χ0v) is 33.2. The Morgan fingerprint density at radius 2 is 1.28 bits per heavy atom. The first kappa shape index (κ1) is 32.7. The molecule has 1 spiro atoms. The Morgan fingerprint density at radius 1 is 0.585 bits per heavy atom. The minimum Gasteiger partial charge on any atom is -0.309 e. The van der Waals surface area contributed by atoms with Gasteiger partial charge in [0.1, 0.15) is 0 Å². The normalized spacial score (nSPS) is 28.5. The Morgan fingerprint density at radius 3 is 2.11 bits per heavy atom. The van der Waals surface area contributed by atoms with E-state index in [1.54, 1.807) is 11.1 Å². The maximum absolute atomic E-state index is 2.72. The Kier molecular flexibility index (Phi) is 6.74. The monoisotopic (exact) mass is 711 g/mol. The maximum atomic E-state index is 2.72. The number of hydrogen-bond donors (Lipinski definition) is 0. The van der Waals surface area contributed by atoms with Crippen LogP contribution in [-0.2, 0) is 21.7 Å². The first-order valence-corrected chi connectivity index (χ1v) is 21.4. The lowest BCUT2D eigenvalue weighted by Gasteiger charge is -2.54. The van der Waals surface area contributed by atoms with Gasteiger partial charge < -0.3 is 4.90 Å². The summed E-state index contributed by atoms with van der Waals surface area (Å²) in [4.78, 5) is 5.69. The van der Waals surface area contributed by atoms with Crippen LogP contribution >= 0.6 is 11.8 Å². The number of fused-ring (bicyclic) bond motifs is 10. The van der Waals surface area contributed by atoms with Crippen molar-refractivity contribution in [3.05, 3.63) is 137 Å². The number of nitrogens with zero attached hydrogens (tertiary/aromatic N) is 1. The summed E-state index contributed by atoms with van der Waals surface area (Å²) in [6.07, 6.45) is 9.41. The van der Waals surface area contributed by atoms with E-state index in [4.69, 9.17) is 0 Å². The summed E-state index contributed by atoms with van der Waals surface area (Å²) in [7, 11) is 0. The molecular formula is C51H53NS. The number of benzene rings is 5. The van der Waals surface area contributed by atoms with E-state index in [2.05, 4.69) is 161 Å². The largest absolute Gasteiger partial charge is 0.309 e. The lowest BCUT2D eigenvalue weighted by atomic mass is 9.52. The molecule has 1 aliphatic heterocycles. The molecule has 0 aromatic heterocycles. The molecular weight excluding hydrogens is 659 g/mol. The average Bonchev–Trinajstić information content (AvgIpc) is 3.84. The van der Waals surface area contributed by atoms with E-state index in [1.165, 1.54) is 105 Å². The Hall–Kier alpha value is -3.75. The molecule has 3 saturated carbocycles. The van der Waals surface area contributed by atoms with Crippen LogP contribution in [0.5, 0.6) is 0 Å². The van der Waals surface area contributed by atoms with Gasteiger partial charge in [-0.3, -0.25) is 0 Å². The molecule has 1 heterocycles. The first-order chi connectivity index (χ1) is 25.5. The van der Waals surface area contributed by atoms with Gasteiger partial charge in [0.2, 0.25) is 0 Å². The van der Waals surface area contributed by atoms with E-state index < -0.39 is 0 Å². The summed E-state index contributed by atoms with van der Waals surface area (Å²) >= 11 is 2.05. The third-order valence-corrected chi connectivity index (χ3v) is 16.9. The van der Waals surface area contributed by atoms with E-state index in [-0.39, 0.29) is 21.7 Å². The summed E-state index contributed by atoms with van der Waals surface area (Å²) in [5.74, 6) is 3.49. The molecule has 268 valence electrons. The van der Waals surface area contributed by atoms with E-state index in [0.29, 0.717) is 0 Å². The van der Waals surface area contributed by atoms with Crippen molar-refractivity contribution in [2.24, 2.45) is 23.7 Å². The van der Waals surface area contributed by atoms with Crippen molar-refractivity contribution in [1.29, 1.82) is 0 Å². The second kappa shape index (κ2) is 10.9. The first-order valence-electron chi connectivity index (χ1n) is 20.6. The quantitative estimate of drug-likeness (QED) is 0.183. The number of anilines is 3.